The molecule has 4 rings (SSSR count). The molecule has 0 bridgehead atoms. The second-order valence-electron chi connectivity index (χ2n) is 6.55. The third-order valence-corrected chi connectivity index (χ3v) is 5.01. The summed E-state index contributed by atoms with van der Waals surface area (Å²) in [5.74, 6) is 2.80. The number of furan rings is 1. The summed E-state index contributed by atoms with van der Waals surface area (Å²) in [5, 5.41) is 0.716. The van der Waals surface area contributed by atoms with Gasteiger partial charge in [0.25, 0.3) is 0 Å². The van der Waals surface area contributed by atoms with Crippen LogP contribution in [0.3, 0.4) is 0 Å². The molecule has 1 aliphatic heterocycles. The lowest BCUT2D eigenvalue weighted by Crippen LogP contribution is -2.43. The molecular formula is C22H23N3O5. The molecule has 1 unspecified atom stereocenters. The summed E-state index contributed by atoms with van der Waals surface area (Å²) in [4.78, 5) is 6.70. The van der Waals surface area contributed by atoms with Crippen LogP contribution < -0.4 is 40.4 Å². The Hall–Kier alpha value is -3.81. The highest BCUT2D eigenvalue weighted by atomic mass is 16.5. The third kappa shape index (κ3) is 3.16. The summed E-state index contributed by atoms with van der Waals surface area (Å²) in [6, 6.07) is 13.1. The molecule has 2 aromatic carbocycles. The molecule has 0 aliphatic carbocycles. The Bertz CT molecular complexity index is 1150. The second kappa shape index (κ2) is 7.90. The summed E-state index contributed by atoms with van der Waals surface area (Å²) < 4.78 is 27.3. The fraction of sp³-hybridized carbons (Fsp3) is 0.227. The minimum Gasteiger partial charge on any atom is -0.497 e. The number of nitrogens with zero attached hydrogens (tertiary/aromatic N) is 2. The van der Waals surface area contributed by atoms with Gasteiger partial charge in [0, 0.05) is 12.1 Å². The molecule has 8 nitrogen and oxygen atoms in total. The van der Waals surface area contributed by atoms with Gasteiger partial charge in [-0.2, -0.15) is 0 Å². The van der Waals surface area contributed by atoms with E-state index in [2.05, 4.69) is 0 Å². The molecule has 0 radical (unpaired) electrons. The average Bonchev–Trinajstić information content (AvgIpc) is 3.27. The first-order valence-electron chi connectivity index (χ1n) is 9.25. The SMILES string of the molecule is COc1ccc(C2N=c3occc3=C(N)N2c2cc(OC)c(OC)c(OC)c2)cc1. The molecule has 156 valence electrons. The van der Waals surface area contributed by atoms with Crippen molar-refractivity contribution in [1.82, 2.24) is 0 Å². The Morgan fingerprint density at radius 1 is 0.900 bits per heavy atom. The first kappa shape index (κ1) is 19.5. The molecule has 30 heavy (non-hydrogen) atoms. The molecule has 8 heteroatoms. The molecule has 3 aromatic rings. The minimum atomic E-state index is -0.461. The first-order valence-corrected chi connectivity index (χ1v) is 9.25. The van der Waals surface area contributed by atoms with Crippen molar-refractivity contribution in [2.75, 3.05) is 33.3 Å². The van der Waals surface area contributed by atoms with Gasteiger partial charge < -0.3 is 34.0 Å². The third-order valence-electron chi connectivity index (χ3n) is 5.01. The summed E-state index contributed by atoms with van der Waals surface area (Å²) in [7, 11) is 6.34. The van der Waals surface area contributed by atoms with Crippen LogP contribution in [0.25, 0.3) is 5.82 Å². The van der Waals surface area contributed by atoms with E-state index in [9.17, 15) is 0 Å². The van der Waals surface area contributed by atoms with Gasteiger partial charge in [0.15, 0.2) is 17.7 Å². The predicted molar refractivity (Wildman–Crippen MR) is 111 cm³/mol. The molecule has 2 N–H and O–H groups in total. The molecule has 2 heterocycles. The number of nitrogens with two attached hydrogens (primary N) is 1. The van der Waals surface area contributed by atoms with Crippen LogP contribution in [0.4, 0.5) is 5.69 Å². The number of benzene rings is 2. The van der Waals surface area contributed by atoms with Crippen molar-refractivity contribution < 1.29 is 23.4 Å². The second-order valence-corrected chi connectivity index (χ2v) is 6.55. The van der Waals surface area contributed by atoms with Crippen LogP contribution in [0.5, 0.6) is 23.0 Å². The molecule has 0 fully saturated rings. The van der Waals surface area contributed by atoms with E-state index >= 15 is 0 Å². The topological polar surface area (TPSA) is 91.7 Å². The van der Waals surface area contributed by atoms with Crippen molar-refractivity contribution in [3.8, 4) is 23.0 Å². The van der Waals surface area contributed by atoms with E-state index in [0.717, 1.165) is 17.0 Å². The van der Waals surface area contributed by atoms with Crippen molar-refractivity contribution in [2.24, 2.45) is 10.7 Å². The molecule has 0 amide bonds. The van der Waals surface area contributed by atoms with Gasteiger partial charge in [0.1, 0.15) is 11.6 Å². The summed E-state index contributed by atoms with van der Waals surface area (Å²) >= 11 is 0. The molecule has 0 saturated heterocycles. The molecule has 1 aliphatic rings. The average molecular weight is 409 g/mol. The number of hydrogen-bond donors (Lipinski definition) is 1. The maximum atomic E-state index is 6.59. The Balaban J connectivity index is 1.92. The lowest BCUT2D eigenvalue weighted by molar-refractivity contribution is 0.324. The Morgan fingerprint density at radius 2 is 1.57 bits per heavy atom. The minimum absolute atomic E-state index is 0.461. The van der Waals surface area contributed by atoms with Crippen LogP contribution in [-0.2, 0) is 0 Å². The number of rotatable bonds is 6. The zero-order chi connectivity index (χ0) is 21.3. The summed E-state index contributed by atoms with van der Waals surface area (Å²) in [5.41, 5.74) is 8.72. The quantitative estimate of drug-likeness (QED) is 0.667. The van der Waals surface area contributed by atoms with E-state index in [-0.39, 0.29) is 0 Å². The van der Waals surface area contributed by atoms with E-state index in [1.807, 2.05) is 41.3 Å². The fourth-order valence-corrected chi connectivity index (χ4v) is 3.51. The largest absolute Gasteiger partial charge is 0.497 e. The number of methoxy groups -OCH3 is 4. The molecule has 0 spiro atoms. The zero-order valence-corrected chi connectivity index (χ0v) is 17.2. The number of fused-ring (bicyclic) bond motifs is 1. The summed E-state index contributed by atoms with van der Waals surface area (Å²) in [6.45, 7) is 0. The number of ether oxygens (including phenoxy) is 4. The van der Waals surface area contributed by atoms with Crippen LogP contribution in [0, 0.1) is 0 Å². The van der Waals surface area contributed by atoms with E-state index in [4.69, 9.17) is 34.1 Å². The Kier molecular flexibility index (Phi) is 5.14. The standard InChI is InChI=1S/C22H23N3O5/c1-26-15-7-5-13(6-8-15)21-24-22-16(9-10-30-22)20(23)25(21)14-11-17(27-2)19(29-4)18(12-14)28-3/h5-12,21H,23H2,1-4H3. The van der Waals surface area contributed by atoms with E-state index in [0.29, 0.717) is 33.8 Å². The maximum Gasteiger partial charge on any atom is 0.227 e. The van der Waals surface area contributed by atoms with E-state index < -0.39 is 6.17 Å². The first-order chi connectivity index (χ1) is 14.6. The van der Waals surface area contributed by atoms with Crippen LogP contribution >= 0.6 is 0 Å². The molecule has 1 atom stereocenters. The van der Waals surface area contributed by atoms with E-state index in [1.165, 1.54) is 0 Å². The van der Waals surface area contributed by atoms with Gasteiger partial charge in [-0.3, -0.25) is 0 Å². The smallest absolute Gasteiger partial charge is 0.227 e. The monoisotopic (exact) mass is 409 g/mol. The van der Waals surface area contributed by atoms with Gasteiger partial charge >= 0.3 is 0 Å². The van der Waals surface area contributed by atoms with Crippen molar-refractivity contribution in [3.63, 3.8) is 0 Å². The van der Waals surface area contributed by atoms with Gasteiger partial charge in [-0.15, -0.1) is 0 Å². The van der Waals surface area contributed by atoms with Gasteiger partial charge in [-0.25, -0.2) is 4.99 Å². The van der Waals surface area contributed by atoms with Gasteiger partial charge in [-0.05, 0) is 23.8 Å². The summed E-state index contributed by atoms with van der Waals surface area (Å²) in [6.07, 6.45) is 1.11. The van der Waals surface area contributed by atoms with Gasteiger partial charge in [0.05, 0.1) is 45.6 Å². The molecule has 0 saturated carbocycles. The van der Waals surface area contributed by atoms with Crippen LogP contribution in [0.15, 0.2) is 58.1 Å². The zero-order valence-electron chi connectivity index (χ0n) is 17.2. The van der Waals surface area contributed by atoms with Crippen LogP contribution in [0.2, 0.25) is 0 Å². The van der Waals surface area contributed by atoms with Crippen LogP contribution in [0.1, 0.15) is 11.7 Å². The number of hydrogen-bond acceptors (Lipinski definition) is 8. The van der Waals surface area contributed by atoms with Gasteiger partial charge in [0.2, 0.25) is 11.3 Å². The number of anilines is 1. The predicted octanol–water partition coefficient (Wildman–Crippen LogP) is 2.18. The van der Waals surface area contributed by atoms with Crippen molar-refractivity contribution >= 4 is 11.5 Å². The van der Waals surface area contributed by atoms with E-state index in [1.54, 1.807) is 40.8 Å². The highest BCUT2D eigenvalue weighted by Gasteiger charge is 2.29. The van der Waals surface area contributed by atoms with Crippen molar-refractivity contribution in [3.05, 3.63) is 65.1 Å². The molecule has 1 aromatic heterocycles. The fourth-order valence-electron chi connectivity index (χ4n) is 3.51. The Morgan fingerprint density at radius 3 is 2.13 bits per heavy atom. The van der Waals surface area contributed by atoms with Crippen molar-refractivity contribution in [1.29, 1.82) is 0 Å². The van der Waals surface area contributed by atoms with Crippen molar-refractivity contribution in [2.45, 2.75) is 6.17 Å². The van der Waals surface area contributed by atoms with Gasteiger partial charge in [-0.1, -0.05) is 12.1 Å². The normalized spacial score (nSPS) is 15.3. The lowest BCUT2D eigenvalue weighted by Gasteiger charge is -2.33. The maximum absolute atomic E-state index is 6.59. The highest BCUT2D eigenvalue weighted by Crippen LogP contribution is 2.43. The lowest BCUT2D eigenvalue weighted by atomic mass is 10.1. The highest BCUT2D eigenvalue weighted by molar-refractivity contribution is 5.73. The van der Waals surface area contributed by atoms with Crippen LogP contribution in [-0.4, -0.2) is 28.4 Å². The Labute approximate surface area is 173 Å². The molecular weight excluding hydrogens is 386 g/mol.